The van der Waals surface area contributed by atoms with Crippen LogP contribution in [-0.2, 0) is 11.3 Å². The fourth-order valence-electron chi connectivity index (χ4n) is 1.77. The van der Waals surface area contributed by atoms with Gasteiger partial charge in [-0.25, -0.2) is 8.78 Å². The summed E-state index contributed by atoms with van der Waals surface area (Å²) < 4.78 is 35.3. The first-order valence-corrected chi connectivity index (χ1v) is 6.23. The first kappa shape index (κ1) is 15.8. The van der Waals surface area contributed by atoms with Crippen molar-refractivity contribution >= 4 is 0 Å². The molecular formula is C12H20F2N2O3. The topological polar surface area (TPSA) is 56.5 Å². The van der Waals surface area contributed by atoms with Gasteiger partial charge in [-0.05, 0) is 6.42 Å². The summed E-state index contributed by atoms with van der Waals surface area (Å²) in [5, 5.41) is 14.2. The Balaban J connectivity index is 2.58. The second-order valence-corrected chi connectivity index (χ2v) is 4.09. The molecule has 0 amide bonds. The highest BCUT2D eigenvalue weighted by Gasteiger charge is 2.19. The maximum Gasteiger partial charge on any atom is 0.261 e. The molecule has 1 atom stereocenters. The summed E-state index contributed by atoms with van der Waals surface area (Å²) in [4.78, 5) is 0. The molecule has 0 spiro atoms. The number of ether oxygens (including phenoxy) is 2. The van der Waals surface area contributed by atoms with E-state index in [0.29, 0.717) is 18.0 Å². The van der Waals surface area contributed by atoms with E-state index < -0.39 is 19.1 Å². The molecule has 1 aromatic rings. The summed E-state index contributed by atoms with van der Waals surface area (Å²) in [5.74, 6) is 0.495. The number of alkyl halides is 2. The summed E-state index contributed by atoms with van der Waals surface area (Å²) in [6.07, 6.45) is -0.710. The Hall–Kier alpha value is -1.21. The van der Waals surface area contributed by atoms with Gasteiger partial charge in [-0.1, -0.05) is 6.92 Å². The second-order valence-electron chi connectivity index (χ2n) is 4.09. The number of rotatable bonds is 9. The molecule has 1 rings (SSSR count). The fourth-order valence-corrected chi connectivity index (χ4v) is 1.77. The Morgan fingerprint density at radius 2 is 2.21 bits per heavy atom. The van der Waals surface area contributed by atoms with Crippen molar-refractivity contribution in [3.63, 3.8) is 0 Å². The van der Waals surface area contributed by atoms with Crippen LogP contribution >= 0.6 is 0 Å². The van der Waals surface area contributed by atoms with E-state index in [9.17, 15) is 13.9 Å². The Labute approximate surface area is 111 Å². The number of hydrogen-bond acceptors (Lipinski definition) is 4. The highest BCUT2D eigenvalue weighted by atomic mass is 19.3. The van der Waals surface area contributed by atoms with Crippen molar-refractivity contribution in [3.8, 4) is 5.75 Å². The van der Waals surface area contributed by atoms with Gasteiger partial charge >= 0.3 is 0 Å². The monoisotopic (exact) mass is 278 g/mol. The Bertz CT molecular complexity index is 372. The molecule has 0 aromatic carbocycles. The summed E-state index contributed by atoms with van der Waals surface area (Å²) in [7, 11) is 1.50. The maximum absolute atomic E-state index is 11.9. The first-order valence-electron chi connectivity index (χ1n) is 6.23. The lowest BCUT2D eigenvalue weighted by atomic mass is 10.2. The van der Waals surface area contributed by atoms with Gasteiger partial charge in [0.25, 0.3) is 6.43 Å². The molecule has 1 N–H and O–H groups in total. The zero-order valence-electron chi connectivity index (χ0n) is 11.2. The molecule has 0 aliphatic rings. The van der Waals surface area contributed by atoms with E-state index in [1.807, 2.05) is 6.92 Å². The average molecular weight is 278 g/mol. The molecule has 5 nitrogen and oxygen atoms in total. The quantitative estimate of drug-likeness (QED) is 0.702. The number of hydrogen-bond donors (Lipinski definition) is 1. The second kappa shape index (κ2) is 8.06. The lowest BCUT2D eigenvalue weighted by Gasteiger charge is -2.14. The molecule has 110 valence electrons. The van der Waals surface area contributed by atoms with Crippen LogP contribution in [0.1, 0.15) is 31.6 Å². The van der Waals surface area contributed by atoms with Crippen molar-refractivity contribution in [2.45, 2.75) is 38.8 Å². The summed E-state index contributed by atoms with van der Waals surface area (Å²) in [6, 6.07) is 0. The van der Waals surface area contributed by atoms with Crippen molar-refractivity contribution in [2.75, 3.05) is 20.3 Å². The van der Waals surface area contributed by atoms with E-state index in [-0.39, 0.29) is 13.0 Å². The lowest BCUT2D eigenvalue weighted by molar-refractivity contribution is 0.00369. The average Bonchev–Trinajstić information content (AvgIpc) is 2.77. The van der Waals surface area contributed by atoms with E-state index in [4.69, 9.17) is 9.47 Å². The summed E-state index contributed by atoms with van der Waals surface area (Å²) in [5.41, 5.74) is 0.560. The van der Waals surface area contributed by atoms with Gasteiger partial charge < -0.3 is 14.6 Å². The van der Waals surface area contributed by atoms with Crippen LogP contribution < -0.4 is 4.74 Å². The number of nitrogens with zero attached hydrogens (tertiary/aromatic N) is 2. The van der Waals surface area contributed by atoms with Crippen LogP contribution in [0, 0.1) is 0 Å². The van der Waals surface area contributed by atoms with Gasteiger partial charge in [0.15, 0.2) is 5.75 Å². The molecule has 0 aliphatic carbocycles. The van der Waals surface area contributed by atoms with Gasteiger partial charge in [-0.3, -0.25) is 4.68 Å². The molecule has 1 unspecified atom stereocenters. The minimum atomic E-state index is -2.49. The fraction of sp³-hybridized carbons (Fsp3) is 0.750. The van der Waals surface area contributed by atoms with Crippen molar-refractivity contribution in [1.29, 1.82) is 0 Å². The molecule has 0 saturated heterocycles. The van der Waals surface area contributed by atoms with Gasteiger partial charge in [0, 0.05) is 19.6 Å². The third kappa shape index (κ3) is 4.76. The summed E-state index contributed by atoms with van der Waals surface area (Å²) >= 11 is 0. The molecule has 1 heterocycles. The SMILES string of the molecule is CCCn1ncc(OC)c1C(O)CCOCC(F)F. The van der Waals surface area contributed by atoms with E-state index in [0.717, 1.165) is 6.42 Å². The molecule has 0 fully saturated rings. The van der Waals surface area contributed by atoms with Crippen molar-refractivity contribution in [2.24, 2.45) is 0 Å². The number of aryl methyl sites for hydroxylation is 1. The Morgan fingerprint density at radius 3 is 2.79 bits per heavy atom. The minimum absolute atomic E-state index is 0.0615. The van der Waals surface area contributed by atoms with Crippen LogP contribution in [0.5, 0.6) is 5.75 Å². The smallest absolute Gasteiger partial charge is 0.261 e. The lowest BCUT2D eigenvalue weighted by Crippen LogP contribution is -2.13. The Morgan fingerprint density at radius 1 is 1.47 bits per heavy atom. The number of aliphatic hydroxyl groups is 1. The van der Waals surface area contributed by atoms with Gasteiger partial charge in [-0.15, -0.1) is 0 Å². The highest BCUT2D eigenvalue weighted by Crippen LogP contribution is 2.27. The standard InChI is InChI=1S/C12H20F2N2O3/c1-3-5-16-12(10(18-2)7-15-16)9(17)4-6-19-8-11(13)14/h7,9,11,17H,3-6,8H2,1-2H3. The van der Waals surface area contributed by atoms with Crippen molar-refractivity contribution < 1.29 is 23.4 Å². The van der Waals surface area contributed by atoms with E-state index >= 15 is 0 Å². The predicted octanol–water partition coefficient (Wildman–Crippen LogP) is 2.01. The third-order valence-electron chi connectivity index (χ3n) is 2.60. The van der Waals surface area contributed by atoms with Crippen LogP contribution in [0.25, 0.3) is 0 Å². The predicted molar refractivity (Wildman–Crippen MR) is 65.5 cm³/mol. The van der Waals surface area contributed by atoms with Crippen LogP contribution in [0.4, 0.5) is 8.78 Å². The molecule has 7 heteroatoms. The third-order valence-corrected chi connectivity index (χ3v) is 2.60. The first-order chi connectivity index (χ1) is 9.10. The molecule has 0 radical (unpaired) electrons. The van der Waals surface area contributed by atoms with Gasteiger partial charge in [0.1, 0.15) is 18.4 Å². The molecule has 19 heavy (non-hydrogen) atoms. The van der Waals surface area contributed by atoms with Crippen LogP contribution in [0.15, 0.2) is 6.20 Å². The Kier molecular flexibility index (Phi) is 6.72. The van der Waals surface area contributed by atoms with Crippen molar-refractivity contribution in [1.82, 2.24) is 9.78 Å². The van der Waals surface area contributed by atoms with Gasteiger partial charge in [0.2, 0.25) is 0 Å². The van der Waals surface area contributed by atoms with Crippen molar-refractivity contribution in [3.05, 3.63) is 11.9 Å². The highest BCUT2D eigenvalue weighted by molar-refractivity contribution is 5.27. The van der Waals surface area contributed by atoms with E-state index in [2.05, 4.69) is 5.10 Å². The van der Waals surface area contributed by atoms with Gasteiger partial charge in [0.05, 0.1) is 13.3 Å². The van der Waals surface area contributed by atoms with E-state index in [1.54, 1.807) is 4.68 Å². The normalized spacial score (nSPS) is 12.9. The molecule has 0 bridgehead atoms. The zero-order valence-corrected chi connectivity index (χ0v) is 11.2. The number of aromatic nitrogens is 2. The summed E-state index contributed by atoms with van der Waals surface area (Å²) in [6.45, 7) is 2.10. The number of methoxy groups -OCH3 is 1. The van der Waals surface area contributed by atoms with Gasteiger partial charge in [-0.2, -0.15) is 5.10 Å². The van der Waals surface area contributed by atoms with E-state index in [1.165, 1.54) is 13.3 Å². The largest absolute Gasteiger partial charge is 0.493 e. The number of aliphatic hydroxyl groups excluding tert-OH is 1. The number of halogens is 2. The molecule has 1 aromatic heterocycles. The van der Waals surface area contributed by atoms with Crippen LogP contribution in [0.2, 0.25) is 0 Å². The minimum Gasteiger partial charge on any atom is -0.493 e. The maximum atomic E-state index is 11.9. The molecular weight excluding hydrogens is 258 g/mol. The molecule has 0 aliphatic heterocycles. The van der Waals surface area contributed by atoms with Crippen LogP contribution in [-0.4, -0.2) is 41.6 Å². The molecule has 0 saturated carbocycles. The van der Waals surface area contributed by atoms with Crippen LogP contribution in [0.3, 0.4) is 0 Å². The zero-order chi connectivity index (χ0) is 14.3.